The highest BCUT2D eigenvalue weighted by molar-refractivity contribution is 6.34. The summed E-state index contributed by atoms with van der Waals surface area (Å²) in [6.45, 7) is 4.48. The average molecular weight is 391 g/mol. The van der Waals surface area contributed by atoms with Gasteiger partial charge in [-0.3, -0.25) is 9.59 Å². The van der Waals surface area contributed by atoms with Crippen LogP contribution in [0.25, 0.3) is 0 Å². The van der Waals surface area contributed by atoms with Gasteiger partial charge in [-0.05, 0) is 44.2 Å². The first kappa shape index (κ1) is 20.7. The number of hydrogen-bond acceptors (Lipinski definition) is 4. The topological polar surface area (TPSA) is 76.7 Å². The predicted molar refractivity (Wildman–Crippen MR) is 106 cm³/mol. The van der Waals surface area contributed by atoms with Crippen molar-refractivity contribution in [3.05, 3.63) is 58.6 Å². The van der Waals surface area contributed by atoms with Crippen LogP contribution in [0.5, 0.6) is 5.75 Å². The molecule has 0 radical (unpaired) electrons. The Labute approximate surface area is 163 Å². The zero-order valence-corrected chi connectivity index (χ0v) is 16.3. The van der Waals surface area contributed by atoms with E-state index in [1.807, 2.05) is 13.8 Å². The number of carbonyl (C=O) groups excluding carboxylic acids is 2. The molecule has 6 nitrogen and oxygen atoms in total. The lowest BCUT2D eigenvalue weighted by Crippen LogP contribution is -2.30. The lowest BCUT2D eigenvalue weighted by Gasteiger charge is -2.13. The van der Waals surface area contributed by atoms with E-state index in [1.54, 1.807) is 49.6 Å². The number of rotatable bonds is 8. The summed E-state index contributed by atoms with van der Waals surface area (Å²) in [4.78, 5) is 24.9. The van der Waals surface area contributed by atoms with E-state index >= 15 is 0 Å². The molecule has 0 aliphatic rings. The quantitative estimate of drug-likeness (QED) is 0.673. The van der Waals surface area contributed by atoms with Crippen LogP contribution in [0.3, 0.4) is 0 Å². The van der Waals surface area contributed by atoms with Gasteiger partial charge in [0.1, 0.15) is 12.4 Å². The third-order valence-corrected chi connectivity index (χ3v) is 3.90. The minimum absolute atomic E-state index is 0.00217. The summed E-state index contributed by atoms with van der Waals surface area (Å²) >= 11 is 6.19. The monoisotopic (exact) mass is 390 g/mol. The van der Waals surface area contributed by atoms with Crippen LogP contribution in [0.4, 0.5) is 5.69 Å². The molecule has 0 aliphatic carbocycles. The van der Waals surface area contributed by atoms with Crippen molar-refractivity contribution in [2.24, 2.45) is 0 Å². The number of para-hydroxylation sites is 1. The van der Waals surface area contributed by atoms with Gasteiger partial charge in [-0.2, -0.15) is 0 Å². The van der Waals surface area contributed by atoms with Gasteiger partial charge in [0, 0.05) is 18.7 Å². The largest absolute Gasteiger partial charge is 0.490 e. The molecule has 0 saturated carbocycles. The predicted octanol–water partition coefficient (Wildman–Crippen LogP) is 3.76. The lowest BCUT2D eigenvalue weighted by molar-refractivity contribution is 0.0941. The molecule has 0 heterocycles. The number of carbonyl (C=O) groups is 2. The zero-order chi connectivity index (χ0) is 19.8. The van der Waals surface area contributed by atoms with E-state index in [0.29, 0.717) is 40.8 Å². The second-order valence-corrected chi connectivity index (χ2v) is 6.52. The Morgan fingerprint density at radius 1 is 1.07 bits per heavy atom. The fourth-order valence-electron chi connectivity index (χ4n) is 2.31. The minimum atomic E-state index is -0.383. The van der Waals surface area contributed by atoms with Crippen molar-refractivity contribution in [3.63, 3.8) is 0 Å². The van der Waals surface area contributed by atoms with E-state index < -0.39 is 0 Å². The zero-order valence-electron chi connectivity index (χ0n) is 15.5. The third-order valence-electron chi connectivity index (χ3n) is 3.57. The number of amides is 2. The lowest BCUT2D eigenvalue weighted by atomic mass is 10.1. The third kappa shape index (κ3) is 5.98. The Kier molecular flexibility index (Phi) is 7.64. The van der Waals surface area contributed by atoms with Gasteiger partial charge in [0.05, 0.1) is 22.9 Å². The van der Waals surface area contributed by atoms with Crippen molar-refractivity contribution >= 4 is 29.1 Å². The fraction of sp³-hybridized carbons (Fsp3) is 0.300. The molecule has 0 saturated heterocycles. The summed E-state index contributed by atoms with van der Waals surface area (Å²) in [6, 6.07) is 11.6. The number of ether oxygens (including phenoxy) is 2. The highest BCUT2D eigenvalue weighted by Crippen LogP contribution is 2.25. The van der Waals surface area contributed by atoms with E-state index in [1.165, 1.54) is 0 Å². The maximum atomic E-state index is 12.7. The van der Waals surface area contributed by atoms with Crippen LogP contribution in [0.2, 0.25) is 5.02 Å². The molecule has 27 heavy (non-hydrogen) atoms. The first-order valence-electron chi connectivity index (χ1n) is 8.55. The Morgan fingerprint density at radius 3 is 2.52 bits per heavy atom. The molecule has 7 heteroatoms. The number of anilines is 1. The molecule has 0 aliphatic heterocycles. The molecule has 144 valence electrons. The maximum absolute atomic E-state index is 12.7. The minimum Gasteiger partial charge on any atom is -0.490 e. The van der Waals surface area contributed by atoms with Crippen molar-refractivity contribution in [1.82, 2.24) is 5.32 Å². The highest BCUT2D eigenvalue weighted by atomic mass is 35.5. The van der Waals surface area contributed by atoms with Crippen molar-refractivity contribution < 1.29 is 19.1 Å². The molecule has 0 aromatic heterocycles. The number of hydrogen-bond donors (Lipinski definition) is 2. The summed E-state index contributed by atoms with van der Waals surface area (Å²) in [7, 11) is 1.58. The molecule has 0 fully saturated rings. The summed E-state index contributed by atoms with van der Waals surface area (Å²) in [5.41, 5.74) is 1.12. The van der Waals surface area contributed by atoms with Crippen molar-refractivity contribution in [3.8, 4) is 5.75 Å². The van der Waals surface area contributed by atoms with Gasteiger partial charge in [0.25, 0.3) is 11.8 Å². The first-order valence-corrected chi connectivity index (χ1v) is 8.92. The van der Waals surface area contributed by atoms with Gasteiger partial charge < -0.3 is 20.1 Å². The Hall–Kier alpha value is -2.57. The summed E-state index contributed by atoms with van der Waals surface area (Å²) in [5.74, 6) is -0.177. The second kappa shape index (κ2) is 9.94. The molecule has 0 unspecified atom stereocenters. The summed E-state index contributed by atoms with van der Waals surface area (Å²) < 4.78 is 10.5. The molecule has 2 aromatic rings. The van der Waals surface area contributed by atoms with Crippen LogP contribution in [-0.2, 0) is 4.74 Å². The van der Waals surface area contributed by atoms with E-state index in [9.17, 15) is 9.59 Å². The summed E-state index contributed by atoms with van der Waals surface area (Å²) in [6.07, 6.45) is 0. The Morgan fingerprint density at radius 2 is 1.81 bits per heavy atom. The van der Waals surface area contributed by atoms with Crippen LogP contribution in [0, 0.1) is 0 Å². The smallest absolute Gasteiger partial charge is 0.259 e. The van der Waals surface area contributed by atoms with Gasteiger partial charge in [0.15, 0.2) is 0 Å². The summed E-state index contributed by atoms with van der Waals surface area (Å²) in [5, 5.41) is 5.88. The number of methoxy groups -OCH3 is 1. The van der Waals surface area contributed by atoms with Crippen molar-refractivity contribution in [2.45, 2.75) is 19.9 Å². The average Bonchev–Trinajstić information content (AvgIpc) is 2.63. The Balaban J connectivity index is 2.19. The van der Waals surface area contributed by atoms with E-state index in [4.69, 9.17) is 21.1 Å². The number of halogens is 1. The van der Waals surface area contributed by atoms with Crippen molar-refractivity contribution in [1.29, 1.82) is 0 Å². The molecule has 2 N–H and O–H groups in total. The normalized spacial score (nSPS) is 10.6. The van der Waals surface area contributed by atoms with Crippen LogP contribution >= 0.6 is 11.6 Å². The molecule has 2 amide bonds. The molecular weight excluding hydrogens is 368 g/mol. The molecule has 2 aromatic carbocycles. The molecule has 2 rings (SSSR count). The molecule has 0 atom stereocenters. The van der Waals surface area contributed by atoms with E-state index in [2.05, 4.69) is 10.6 Å². The molecule has 0 spiro atoms. The van der Waals surface area contributed by atoms with Gasteiger partial charge in [-0.25, -0.2) is 0 Å². The molecular formula is C20H23ClN2O4. The Bertz CT molecular complexity index is 808. The van der Waals surface area contributed by atoms with Gasteiger partial charge in [-0.15, -0.1) is 0 Å². The van der Waals surface area contributed by atoms with Gasteiger partial charge in [0.2, 0.25) is 0 Å². The number of benzene rings is 2. The van der Waals surface area contributed by atoms with Gasteiger partial charge >= 0.3 is 0 Å². The first-order chi connectivity index (χ1) is 12.9. The number of nitrogens with one attached hydrogen (secondary N) is 2. The van der Waals surface area contributed by atoms with Crippen LogP contribution in [-0.4, -0.2) is 38.2 Å². The fourth-order valence-corrected chi connectivity index (χ4v) is 2.48. The molecule has 0 bridgehead atoms. The SMILES string of the molecule is COCCOc1ccccc1C(=O)Nc1cc(C(=O)NC(C)C)ccc1Cl. The second-order valence-electron chi connectivity index (χ2n) is 6.11. The standard InChI is InChI=1S/C20H23ClN2O4/c1-13(2)22-19(24)14-8-9-16(21)17(12-14)23-20(25)15-6-4-5-7-18(15)27-11-10-26-3/h4-9,12-13H,10-11H2,1-3H3,(H,22,24)(H,23,25). The van der Waals surface area contributed by atoms with Crippen LogP contribution in [0.15, 0.2) is 42.5 Å². The van der Waals surface area contributed by atoms with Crippen LogP contribution in [0.1, 0.15) is 34.6 Å². The maximum Gasteiger partial charge on any atom is 0.259 e. The van der Waals surface area contributed by atoms with Crippen molar-refractivity contribution in [2.75, 3.05) is 25.6 Å². The van der Waals surface area contributed by atoms with Gasteiger partial charge in [-0.1, -0.05) is 23.7 Å². The van der Waals surface area contributed by atoms with Crippen LogP contribution < -0.4 is 15.4 Å². The highest BCUT2D eigenvalue weighted by Gasteiger charge is 2.16. The van der Waals surface area contributed by atoms with E-state index in [-0.39, 0.29) is 17.9 Å². The van der Waals surface area contributed by atoms with E-state index in [0.717, 1.165) is 0 Å².